The molecule has 0 amide bonds. The zero-order chi connectivity index (χ0) is 41.8. The van der Waals surface area contributed by atoms with Gasteiger partial charge >= 0.3 is 17.9 Å². The molecule has 3 rings (SSSR count). The van der Waals surface area contributed by atoms with Crippen LogP contribution in [0.2, 0.25) is 0 Å². The summed E-state index contributed by atoms with van der Waals surface area (Å²) in [5, 5.41) is 9.13. The van der Waals surface area contributed by atoms with Crippen molar-refractivity contribution >= 4 is 23.7 Å². The van der Waals surface area contributed by atoms with Crippen LogP contribution in [0.4, 0.5) is 0 Å². The van der Waals surface area contributed by atoms with Crippen LogP contribution in [-0.2, 0) is 60.8 Å². The molecule has 0 saturated carbocycles. The van der Waals surface area contributed by atoms with Crippen LogP contribution < -0.4 is 4.74 Å². The number of rotatable bonds is 26. The summed E-state index contributed by atoms with van der Waals surface area (Å²) in [7, 11) is 4.39. The standard InChI is InChI=1S/C45H64O12/c1-8-9-10-11-15-18-36(46)27-39-35(26-43(50)52-6)25-38(57-45(39,53-7)44(3,4)31-56-42(49)24-23-41(47)48)28-40(32(2)54-29-33-16-13-12-14-17-33)55-30-34-19-21-37(51-5)22-20-34/h12-14,16-17,19-22,26,32,38-40H,8-11,15,18,23-25,27-31H2,1-7H3,(H,47,48)/t32-,38-,39-,40?,45+/m0/s1. The zero-order valence-electron chi connectivity index (χ0n) is 34.9. The quantitative estimate of drug-likeness (QED) is 0.0555. The lowest BCUT2D eigenvalue weighted by atomic mass is 9.68. The van der Waals surface area contributed by atoms with Crippen molar-refractivity contribution in [2.45, 2.75) is 136 Å². The van der Waals surface area contributed by atoms with E-state index in [-0.39, 0.29) is 44.7 Å². The van der Waals surface area contributed by atoms with Crippen LogP contribution in [0.3, 0.4) is 0 Å². The number of Topliss-reactive ketones (excluding diaryl/α,β-unsaturated/α-hetero) is 1. The minimum atomic E-state index is -1.59. The number of aliphatic carboxylic acids is 1. The van der Waals surface area contributed by atoms with E-state index in [0.717, 1.165) is 49.0 Å². The van der Waals surface area contributed by atoms with Crippen molar-refractivity contribution in [3.05, 3.63) is 77.4 Å². The third-order valence-corrected chi connectivity index (χ3v) is 10.6. The molecular weight excluding hydrogens is 732 g/mol. The highest BCUT2D eigenvalue weighted by Gasteiger charge is 2.58. The number of unbranched alkanes of at least 4 members (excludes halogenated alkanes) is 4. The lowest BCUT2D eigenvalue weighted by Gasteiger charge is -2.54. The number of ketones is 1. The van der Waals surface area contributed by atoms with Crippen LogP contribution in [0.1, 0.15) is 109 Å². The predicted octanol–water partition coefficient (Wildman–Crippen LogP) is 8.18. The molecule has 2 aromatic rings. The van der Waals surface area contributed by atoms with Crippen LogP contribution in [0, 0.1) is 11.3 Å². The summed E-state index contributed by atoms with van der Waals surface area (Å²) in [6, 6.07) is 17.4. The number of hydrogen-bond donors (Lipinski definition) is 1. The topological polar surface area (TPSA) is 153 Å². The number of methoxy groups -OCH3 is 3. The van der Waals surface area contributed by atoms with Crippen LogP contribution in [0.15, 0.2) is 66.2 Å². The molecule has 1 saturated heterocycles. The molecule has 1 N–H and O–H groups in total. The smallest absolute Gasteiger partial charge is 0.330 e. The lowest BCUT2D eigenvalue weighted by Crippen LogP contribution is -2.61. The van der Waals surface area contributed by atoms with Crippen molar-refractivity contribution in [3.63, 3.8) is 0 Å². The number of carbonyl (C=O) groups is 4. The van der Waals surface area contributed by atoms with Crippen LogP contribution in [0.25, 0.3) is 0 Å². The second-order valence-corrected chi connectivity index (χ2v) is 15.4. The molecule has 1 fully saturated rings. The molecule has 0 bridgehead atoms. The Morgan fingerprint density at radius 1 is 0.895 bits per heavy atom. The molecule has 12 heteroatoms. The SMILES string of the molecule is CCCCCCCC(=O)C[C@H]1C(=CC(=O)OC)C[C@@H](CC(OCc2ccc(OC)cc2)[C@H](C)OCc2ccccc2)O[C@@]1(OC)C(C)(C)COC(=O)CCC(=O)O. The third kappa shape index (κ3) is 15.0. The summed E-state index contributed by atoms with van der Waals surface area (Å²) >= 11 is 0. The fourth-order valence-corrected chi connectivity index (χ4v) is 7.27. The molecule has 0 aliphatic carbocycles. The molecule has 1 aliphatic rings. The number of carboxylic acids is 1. The van der Waals surface area contributed by atoms with Gasteiger partial charge in [0.05, 0.1) is 64.0 Å². The molecule has 0 spiro atoms. The maximum absolute atomic E-state index is 13.7. The average molecular weight is 797 g/mol. The van der Waals surface area contributed by atoms with E-state index < -0.39 is 53.3 Å². The summed E-state index contributed by atoms with van der Waals surface area (Å²) in [5.74, 6) is -4.01. The highest BCUT2D eigenvalue weighted by atomic mass is 16.7. The van der Waals surface area contributed by atoms with Crippen LogP contribution in [-0.4, -0.2) is 80.8 Å². The first-order chi connectivity index (χ1) is 27.3. The Balaban J connectivity index is 2.02. The number of ether oxygens (including phenoxy) is 7. The first-order valence-corrected chi connectivity index (χ1v) is 20.1. The Morgan fingerprint density at radius 2 is 1.56 bits per heavy atom. The average Bonchev–Trinajstić information content (AvgIpc) is 3.20. The van der Waals surface area contributed by atoms with Gasteiger partial charge in [-0.05, 0) is 43.0 Å². The molecule has 1 heterocycles. The normalized spacial score (nSPS) is 20.1. The predicted molar refractivity (Wildman–Crippen MR) is 214 cm³/mol. The van der Waals surface area contributed by atoms with Gasteiger partial charge in [0.25, 0.3) is 0 Å². The van der Waals surface area contributed by atoms with Gasteiger partial charge in [-0.25, -0.2) is 4.79 Å². The van der Waals surface area contributed by atoms with Crippen molar-refractivity contribution in [3.8, 4) is 5.75 Å². The van der Waals surface area contributed by atoms with Crippen molar-refractivity contribution in [1.82, 2.24) is 0 Å². The van der Waals surface area contributed by atoms with E-state index >= 15 is 0 Å². The molecule has 57 heavy (non-hydrogen) atoms. The van der Waals surface area contributed by atoms with Gasteiger partial charge in [-0.2, -0.15) is 0 Å². The number of hydrogen-bond acceptors (Lipinski definition) is 11. The van der Waals surface area contributed by atoms with Gasteiger partial charge in [-0.3, -0.25) is 14.4 Å². The first-order valence-electron chi connectivity index (χ1n) is 20.1. The summed E-state index contributed by atoms with van der Waals surface area (Å²) in [6.45, 7) is 8.12. The lowest BCUT2D eigenvalue weighted by molar-refractivity contribution is -0.341. The molecule has 5 atom stereocenters. The second kappa shape index (κ2) is 24.0. The maximum atomic E-state index is 13.7. The highest BCUT2D eigenvalue weighted by molar-refractivity contribution is 5.84. The van der Waals surface area contributed by atoms with Crippen molar-refractivity contribution in [1.29, 1.82) is 0 Å². The summed E-state index contributed by atoms with van der Waals surface area (Å²) in [5.41, 5.74) is 1.43. The largest absolute Gasteiger partial charge is 0.497 e. The molecule has 0 radical (unpaired) electrons. The van der Waals surface area contributed by atoms with E-state index in [1.54, 1.807) is 7.11 Å². The Labute approximate surface area is 338 Å². The van der Waals surface area contributed by atoms with Crippen LogP contribution >= 0.6 is 0 Å². The molecule has 1 aliphatic heterocycles. The van der Waals surface area contributed by atoms with Crippen molar-refractivity contribution in [2.24, 2.45) is 11.3 Å². The fraction of sp³-hybridized carbons (Fsp3) is 0.600. The van der Waals surface area contributed by atoms with E-state index in [4.69, 9.17) is 38.3 Å². The first kappa shape index (κ1) is 47.3. The third-order valence-electron chi connectivity index (χ3n) is 10.6. The van der Waals surface area contributed by atoms with E-state index in [2.05, 4.69) is 6.92 Å². The Kier molecular flexibility index (Phi) is 19.9. The summed E-state index contributed by atoms with van der Waals surface area (Å²) in [6.07, 6.45) is 5.05. The van der Waals surface area contributed by atoms with Crippen LogP contribution in [0.5, 0.6) is 5.75 Å². The van der Waals surface area contributed by atoms with Gasteiger partial charge in [0.1, 0.15) is 18.1 Å². The van der Waals surface area contributed by atoms with Gasteiger partial charge in [0.15, 0.2) is 5.79 Å². The Morgan fingerprint density at radius 3 is 2.19 bits per heavy atom. The molecule has 2 aromatic carbocycles. The van der Waals surface area contributed by atoms with Gasteiger partial charge in [0.2, 0.25) is 0 Å². The Bertz CT molecular complexity index is 1570. The van der Waals surface area contributed by atoms with E-state index in [1.165, 1.54) is 20.3 Å². The van der Waals surface area contributed by atoms with Crippen molar-refractivity contribution in [2.75, 3.05) is 27.9 Å². The van der Waals surface area contributed by atoms with E-state index in [0.29, 0.717) is 25.0 Å². The van der Waals surface area contributed by atoms with Gasteiger partial charge in [0, 0.05) is 38.4 Å². The van der Waals surface area contributed by atoms with Gasteiger partial charge < -0.3 is 38.3 Å². The molecule has 316 valence electrons. The van der Waals surface area contributed by atoms with Gasteiger partial charge in [-0.1, -0.05) is 94.5 Å². The highest BCUT2D eigenvalue weighted by Crippen LogP contribution is 2.51. The zero-order valence-corrected chi connectivity index (χ0v) is 34.9. The number of carbonyl (C=O) groups excluding carboxylic acids is 3. The second-order valence-electron chi connectivity index (χ2n) is 15.4. The Hall–Kier alpha value is -4.10. The summed E-state index contributed by atoms with van der Waals surface area (Å²) < 4.78 is 42.5. The molecule has 12 nitrogen and oxygen atoms in total. The van der Waals surface area contributed by atoms with E-state index in [9.17, 15) is 19.2 Å². The minimum Gasteiger partial charge on any atom is -0.497 e. The fourth-order valence-electron chi connectivity index (χ4n) is 7.27. The van der Waals surface area contributed by atoms with Crippen molar-refractivity contribution < 1.29 is 57.4 Å². The number of carboxylic acid groups (broad SMARTS) is 1. The van der Waals surface area contributed by atoms with Gasteiger partial charge in [-0.15, -0.1) is 0 Å². The molecule has 0 aromatic heterocycles. The minimum absolute atomic E-state index is 0.00590. The maximum Gasteiger partial charge on any atom is 0.330 e. The number of benzene rings is 2. The number of esters is 2. The molecular formula is C45H64O12. The summed E-state index contributed by atoms with van der Waals surface area (Å²) in [4.78, 5) is 50.6. The van der Waals surface area contributed by atoms with E-state index in [1.807, 2.05) is 75.4 Å². The monoisotopic (exact) mass is 796 g/mol. The molecule has 1 unspecified atom stereocenters.